The van der Waals surface area contributed by atoms with E-state index in [2.05, 4.69) is 31.7 Å². The van der Waals surface area contributed by atoms with Crippen LogP contribution in [0.4, 0.5) is 10.6 Å². The largest absolute Gasteiger partial charge is 0.359 e. The molecule has 0 saturated carbocycles. The third kappa shape index (κ3) is 4.87. The van der Waals surface area contributed by atoms with Gasteiger partial charge < -0.3 is 9.84 Å². The number of halogens is 1. The smallest absolute Gasteiger partial charge is 0.320 e. The van der Waals surface area contributed by atoms with E-state index in [1.165, 1.54) is 0 Å². The second-order valence-electron chi connectivity index (χ2n) is 6.09. The van der Waals surface area contributed by atoms with Crippen molar-refractivity contribution in [1.29, 1.82) is 0 Å². The highest BCUT2D eigenvalue weighted by molar-refractivity contribution is 9.10. The lowest BCUT2D eigenvalue weighted by molar-refractivity contribution is 0.252. The predicted molar refractivity (Wildman–Crippen MR) is 90.1 cm³/mol. The minimum Gasteiger partial charge on any atom is -0.359 e. The van der Waals surface area contributed by atoms with Crippen molar-refractivity contribution in [2.75, 3.05) is 11.9 Å². The van der Waals surface area contributed by atoms with Gasteiger partial charge in [0.05, 0.1) is 0 Å². The number of nitrogens with zero attached hydrogens (tertiary/aromatic N) is 1. The van der Waals surface area contributed by atoms with Gasteiger partial charge in [-0.3, -0.25) is 5.32 Å². The molecule has 2 aromatic rings. The Bertz CT molecular complexity index is 647. The molecule has 0 aliphatic rings. The average molecular weight is 366 g/mol. The van der Waals surface area contributed by atoms with E-state index in [1.54, 1.807) is 6.07 Å². The van der Waals surface area contributed by atoms with Crippen LogP contribution in [-0.4, -0.2) is 17.7 Å². The lowest BCUT2D eigenvalue weighted by Crippen LogP contribution is -2.30. The van der Waals surface area contributed by atoms with Crippen molar-refractivity contribution >= 4 is 27.8 Å². The number of nitrogens with one attached hydrogen (secondary N) is 2. The Morgan fingerprint density at radius 3 is 2.73 bits per heavy atom. The van der Waals surface area contributed by atoms with Crippen molar-refractivity contribution in [3.63, 3.8) is 0 Å². The molecular formula is C16H20BrN3O2. The van der Waals surface area contributed by atoms with E-state index in [0.29, 0.717) is 12.4 Å². The van der Waals surface area contributed by atoms with Crippen LogP contribution < -0.4 is 10.6 Å². The van der Waals surface area contributed by atoms with Gasteiger partial charge in [0.1, 0.15) is 5.76 Å². The first-order valence-electron chi connectivity index (χ1n) is 7.11. The monoisotopic (exact) mass is 365 g/mol. The number of carbonyl (C=O) groups is 1. The number of amides is 2. The zero-order valence-corrected chi connectivity index (χ0v) is 14.5. The Hall–Kier alpha value is -1.82. The van der Waals surface area contributed by atoms with Crippen LogP contribution >= 0.6 is 15.9 Å². The highest BCUT2D eigenvalue weighted by atomic mass is 79.9. The molecule has 5 nitrogen and oxygen atoms in total. The zero-order valence-electron chi connectivity index (χ0n) is 12.9. The summed E-state index contributed by atoms with van der Waals surface area (Å²) in [7, 11) is 0. The molecule has 0 aliphatic carbocycles. The summed E-state index contributed by atoms with van der Waals surface area (Å²) in [4.78, 5) is 11.8. The third-order valence-electron chi connectivity index (χ3n) is 3.08. The maximum Gasteiger partial charge on any atom is 0.320 e. The van der Waals surface area contributed by atoms with Gasteiger partial charge in [-0.25, -0.2) is 4.79 Å². The number of rotatable bonds is 4. The van der Waals surface area contributed by atoms with Crippen LogP contribution in [-0.2, 0) is 11.8 Å². The van der Waals surface area contributed by atoms with Gasteiger partial charge in [-0.1, -0.05) is 54.0 Å². The van der Waals surface area contributed by atoms with E-state index in [4.69, 9.17) is 4.52 Å². The molecule has 0 atom stereocenters. The molecule has 0 radical (unpaired) electrons. The molecular weight excluding hydrogens is 346 g/mol. The molecule has 0 saturated heterocycles. The summed E-state index contributed by atoms with van der Waals surface area (Å²) in [6, 6.07) is 9.46. The molecule has 22 heavy (non-hydrogen) atoms. The Labute approximate surface area is 138 Å². The number of urea groups is 1. The number of hydrogen-bond donors (Lipinski definition) is 2. The normalized spacial score (nSPS) is 11.3. The van der Waals surface area contributed by atoms with Gasteiger partial charge >= 0.3 is 6.03 Å². The highest BCUT2D eigenvalue weighted by Crippen LogP contribution is 2.24. The van der Waals surface area contributed by atoms with E-state index >= 15 is 0 Å². The summed E-state index contributed by atoms with van der Waals surface area (Å²) in [5.74, 6) is 1.15. The summed E-state index contributed by atoms with van der Waals surface area (Å²) in [6.07, 6.45) is 0.763. The SMILES string of the molecule is CC(C)(C)c1cc(NC(=O)NCCc2cccc(Br)c2)no1. The van der Waals surface area contributed by atoms with Crippen molar-refractivity contribution in [3.05, 3.63) is 46.1 Å². The van der Waals surface area contributed by atoms with Gasteiger partial charge in [-0.2, -0.15) is 0 Å². The Balaban J connectivity index is 1.80. The molecule has 2 N–H and O–H groups in total. The number of carbonyl (C=O) groups excluding carboxylic acids is 1. The molecule has 0 fully saturated rings. The zero-order chi connectivity index (χ0) is 16.2. The lowest BCUT2D eigenvalue weighted by atomic mass is 9.93. The van der Waals surface area contributed by atoms with Crippen LogP contribution in [0.3, 0.4) is 0 Å². The molecule has 2 amide bonds. The van der Waals surface area contributed by atoms with Crippen LogP contribution in [0.15, 0.2) is 39.3 Å². The van der Waals surface area contributed by atoms with Crippen LogP contribution in [0.5, 0.6) is 0 Å². The molecule has 1 aromatic heterocycles. The number of anilines is 1. The van der Waals surface area contributed by atoms with Crippen molar-refractivity contribution in [2.24, 2.45) is 0 Å². The van der Waals surface area contributed by atoms with Crippen LogP contribution in [0.2, 0.25) is 0 Å². The molecule has 118 valence electrons. The van der Waals surface area contributed by atoms with Gasteiger partial charge in [-0.15, -0.1) is 0 Å². The molecule has 0 spiro atoms. The number of hydrogen-bond acceptors (Lipinski definition) is 3. The molecule has 6 heteroatoms. The van der Waals surface area contributed by atoms with Gasteiger partial charge in [-0.05, 0) is 24.1 Å². The quantitative estimate of drug-likeness (QED) is 0.856. The van der Waals surface area contributed by atoms with Crippen LogP contribution in [0.1, 0.15) is 32.1 Å². The summed E-state index contributed by atoms with van der Waals surface area (Å²) in [5, 5.41) is 9.32. The van der Waals surface area contributed by atoms with E-state index in [0.717, 1.165) is 22.2 Å². The van der Waals surface area contributed by atoms with Gasteiger partial charge in [0, 0.05) is 22.5 Å². The van der Waals surface area contributed by atoms with E-state index < -0.39 is 0 Å². The Morgan fingerprint density at radius 1 is 1.32 bits per heavy atom. The molecule has 1 heterocycles. The molecule has 0 aliphatic heterocycles. The standard InChI is InChI=1S/C16H20BrN3O2/c1-16(2,3)13-10-14(20-22-13)19-15(21)18-8-7-11-5-4-6-12(17)9-11/h4-6,9-10H,7-8H2,1-3H3,(H2,18,19,20,21). The van der Waals surface area contributed by atoms with Crippen molar-refractivity contribution in [2.45, 2.75) is 32.6 Å². The van der Waals surface area contributed by atoms with Gasteiger partial charge in [0.25, 0.3) is 0 Å². The molecule has 1 aromatic carbocycles. The first-order chi connectivity index (χ1) is 10.3. The third-order valence-corrected chi connectivity index (χ3v) is 3.57. The predicted octanol–water partition coefficient (Wildman–Crippen LogP) is 4.10. The van der Waals surface area contributed by atoms with Crippen molar-refractivity contribution in [1.82, 2.24) is 10.5 Å². The minimum atomic E-state index is -0.288. The Morgan fingerprint density at radius 2 is 2.09 bits per heavy atom. The second-order valence-corrected chi connectivity index (χ2v) is 7.00. The minimum absolute atomic E-state index is 0.135. The summed E-state index contributed by atoms with van der Waals surface area (Å²) >= 11 is 3.43. The molecule has 0 unspecified atom stereocenters. The maximum absolute atomic E-state index is 11.8. The Kier molecular flexibility index (Phi) is 5.24. The summed E-state index contributed by atoms with van der Waals surface area (Å²) < 4.78 is 6.25. The first kappa shape index (κ1) is 16.5. The molecule has 0 bridgehead atoms. The van der Waals surface area contributed by atoms with E-state index in [9.17, 15) is 4.79 Å². The average Bonchev–Trinajstić information content (AvgIpc) is 2.87. The van der Waals surface area contributed by atoms with Crippen LogP contribution in [0, 0.1) is 0 Å². The summed E-state index contributed by atoms with van der Waals surface area (Å²) in [5.41, 5.74) is 1.02. The maximum atomic E-state index is 11.8. The fourth-order valence-electron chi connectivity index (χ4n) is 1.86. The molecule has 2 rings (SSSR count). The van der Waals surface area contributed by atoms with Gasteiger partial charge in [0.15, 0.2) is 5.82 Å². The van der Waals surface area contributed by atoms with Crippen LogP contribution in [0.25, 0.3) is 0 Å². The summed E-state index contributed by atoms with van der Waals surface area (Å²) in [6.45, 7) is 6.62. The fourth-order valence-corrected chi connectivity index (χ4v) is 2.31. The second kappa shape index (κ2) is 6.96. The lowest BCUT2D eigenvalue weighted by Gasteiger charge is -2.12. The topological polar surface area (TPSA) is 67.2 Å². The van der Waals surface area contributed by atoms with Gasteiger partial charge in [0.2, 0.25) is 0 Å². The fraction of sp³-hybridized carbons (Fsp3) is 0.375. The van der Waals surface area contributed by atoms with Crippen molar-refractivity contribution < 1.29 is 9.32 Å². The first-order valence-corrected chi connectivity index (χ1v) is 7.90. The highest BCUT2D eigenvalue weighted by Gasteiger charge is 2.20. The van der Waals surface area contributed by atoms with Crippen molar-refractivity contribution in [3.8, 4) is 0 Å². The van der Waals surface area contributed by atoms with E-state index in [1.807, 2.05) is 45.0 Å². The number of benzene rings is 1. The number of aromatic nitrogens is 1. The van der Waals surface area contributed by atoms with E-state index in [-0.39, 0.29) is 11.4 Å².